The molecule has 10 heavy (non-hydrogen) atoms. The molecule has 0 amide bonds. The number of hydrogen-bond donors (Lipinski definition) is 0. The van der Waals surface area contributed by atoms with Crippen LogP contribution in [0, 0.1) is 0 Å². The molecule has 0 spiro atoms. The highest BCUT2D eigenvalue weighted by Gasteiger charge is 2.01. The summed E-state index contributed by atoms with van der Waals surface area (Å²) in [5, 5.41) is 10.1. The molecule has 57 valence electrons. The SMILES string of the molecule is [O]CCCC1=CCCCC1. The van der Waals surface area contributed by atoms with E-state index in [9.17, 15) is 5.11 Å². The fourth-order valence-electron chi connectivity index (χ4n) is 1.43. The van der Waals surface area contributed by atoms with Gasteiger partial charge in [-0.1, -0.05) is 11.6 Å². The Morgan fingerprint density at radius 3 is 2.90 bits per heavy atom. The summed E-state index contributed by atoms with van der Waals surface area (Å²) in [7, 11) is 0. The van der Waals surface area contributed by atoms with Gasteiger partial charge in [0.1, 0.15) is 0 Å². The Balaban J connectivity index is 2.18. The molecule has 1 rings (SSSR count). The van der Waals surface area contributed by atoms with Gasteiger partial charge >= 0.3 is 0 Å². The molecule has 0 N–H and O–H groups in total. The predicted octanol–water partition coefficient (Wildman–Crippen LogP) is 2.70. The van der Waals surface area contributed by atoms with Gasteiger partial charge < -0.3 is 0 Å². The molecule has 0 aromatic heterocycles. The maximum Gasteiger partial charge on any atom is 0.0825 e. The monoisotopic (exact) mass is 139 g/mol. The van der Waals surface area contributed by atoms with Gasteiger partial charge in [-0.25, -0.2) is 5.11 Å². The molecule has 0 aliphatic heterocycles. The zero-order chi connectivity index (χ0) is 7.23. The summed E-state index contributed by atoms with van der Waals surface area (Å²) in [5.74, 6) is 0. The Hall–Kier alpha value is -0.300. The smallest absolute Gasteiger partial charge is 0.0825 e. The van der Waals surface area contributed by atoms with Gasteiger partial charge in [0, 0.05) is 0 Å². The van der Waals surface area contributed by atoms with Crippen molar-refractivity contribution in [1.82, 2.24) is 0 Å². The minimum Gasteiger partial charge on any atom is -0.237 e. The lowest BCUT2D eigenvalue weighted by molar-refractivity contribution is 0.189. The van der Waals surface area contributed by atoms with Crippen LogP contribution in [0.4, 0.5) is 0 Å². The van der Waals surface area contributed by atoms with E-state index >= 15 is 0 Å². The molecular formula is C9H15O. The van der Waals surface area contributed by atoms with Crippen LogP contribution in [0.2, 0.25) is 0 Å². The normalized spacial score (nSPS) is 18.7. The summed E-state index contributed by atoms with van der Waals surface area (Å²) in [6.07, 6.45) is 9.40. The van der Waals surface area contributed by atoms with E-state index in [2.05, 4.69) is 6.08 Å². The first-order chi connectivity index (χ1) is 4.93. The quantitative estimate of drug-likeness (QED) is 0.536. The summed E-state index contributed by atoms with van der Waals surface area (Å²) in [6, 6.07) is 0. The van der Waals surface area contributed by atoms with Gasteiger partial charge in [0.25, 0.3) is 0 Å². The Labute approximate surface area is 62.8 Å². The number of hydrogen-bond acceptors (Lipinski definition) is 0. The van der Waals surface area contributed by atoms with Crippen LogP contribution in [0.5, 0.6) is 0 Å². The first-order valence-corrected chi connectivity index (χ1v) is 4.19. The Morgan fingerprint density at radius 2 is 2.30 bits per heavy atom. The second-order valence-corrected chi connectivity index (χ2v) is 2.92. The van der Waals surface area contributed by atoms with Crippen molar-refractivity contribution in [2.75, 3.05) is 6.61 Å². The Kier molecular flexibility index (Phi) is 3.52. The van der Waals surface area contributed by atoms with Gasteiger partial charge in [0.05, 0.1) is 6.61 Å². The summed E-state index contributed by atoms with van der Waals surface area (Å²) in [5.41, 5.74) is 1.53. The number of allylic oxidation sites excluding steroid dienone is 2. The summed E-state index contributed by atoms with van der Waals surface area (Å²) in [6.45, 7) is 0.0946. The average Bonchev–Trinajstić information content (AvgIpc) is 2.03. The predicted molar refractivity (Wildman–Crippen MR) is 41.3 cm³/mol. The van der Waals surface area contributed by atoms with Crippen molar-refractivity contribution < 1.29 is 5.11 Å². The van der Waals surface area contributed by atoms with Gasteiger partial charge in [-0.15, -0.1) is 0 Å². The fraction of sp³-hybridized carbons (Fsp3) is 0.778. The van der Waals surface area contributed by atoms with Crippen LogP contribution in [-0.2, 0) is 5.11 Å². The van der Waals surface area contributed by atoms with Gasteiger partial charge in [0.15, 0.2) is 0 Å². The summed E-state index contributed by atoms with van der Waals surface area (Å²) < 4.78 is 0. The molecule has 0 unspecified atom stereocenters. The molecule has 0 saturated carbocycles. The third kappa shape index (κ3) is 2.53. The largest absolute Gasteiger partial charge is 0.237 e. The summed E-state index contributed by atoms with van der Waals surface area (Å²) >= 11 is 0. The Morgan fingerprint density at radius 1 is 1.40 bits per heavy atom. The third-order valence-electron chi connectivity index (χ3n) is 2.03. The maximum atomic E-state index is 10.1. The van der Waals surface area contributed by atoms with Crippen molar-refractivity contribution >= 4 is 0 Å². The van der Waals surface area contributed by atoms with Crippen molar-refractivity contribution in [2.45, 2.75) is 38.5 Å². The molecular weight excluding hydrogens is 124 g/mol. The molecule has 0 heterocycles. The van der Waals surface area contributed by atoms with E-state index in [1.165, 1.54) is 31.3 Å². The van der Waals surface area contributed by atoms with Gasteiger partial charge in [0.2, 0.25) is 0 Å². The van der Waals surface area contributed by atoms with E-state index in [1.807, 2.05) is 0 Å². The van der Waals surface area contributed by atoms with E-state index in [4.69, 9.17) is 0 Å². The van der Waals surface area contributed by atoms with E-state index in [0.717, 1.165) is 12.8 Å². The van der Waals surface area contributed by atoms with Crippen molar-refractivity contribution in [3.05, 3.63) is 11.6 Å². The van der Waals surface area contributed by atoms with E-state index in [0.29, 0.717) is 0 Å². The molecule has 0 fully saturated rings. The number of rotatable bonds is 3. The van der Waals surface area contributed by atoms with E-state index < -0.39 is 0 Å². The van der Waals surface area contributed by atoms with Crippen LogP contribution in [-0.4, -0.2) is 6.61 Å². The van der Waals surface area contributed by atoms with Crippen LogP contribution in [0.15, 0.2) is 11.6 Å². The fourth-order valence-corrected chi connectivity index (χ4v) is 1.43. The molecule has 1 aliphatic rings. The minimum atomic E-state index is 0.0946. The van der Waals surface area contributed by atoms with Gasteiger partial charge in [-0.3, -0.25) is 0 Å². The molecule has 0 aromatic rings. The molecule has 0 aromatic carbocycles. The molecule has 0 saturated heterocycles. The van der Waals surface area contributed by atoms with Crippen LogP contribution < -0.4 is 0 Å². The van der Waals surface area contributed by atoms with E-state index in [-0.39, 0.29) is 6.61 Å². The molecule has 1 radical (unpaired) electrons. The molecule has 1 aliphatic carbocycles. The van der Waals surface area contributed by atoms with Gasteiger partial charge in [-0.05, 0) is 38.5 Å². The zero-order valence-electron chi connectivity index (χ0n) is 6.44. The van der Waals surface area contributed by atoms with Crippen molar-refractivity contribution in [3.8, 4) is 0 Å². The third-order valence-corrected chi connectivity index (χ3v) is 2.03. The maximum absolute atomic E-state index is 10.1. The standard InChI is InChI=1S/C9H15O/c10-8-4-7-9-5-2-1-3-6-9/h5H,1-4,6-8H2. The van der Waals surface area contributed by atoms with Crippen LogP contribution in [0.25, 0.3) is 0 Å². The average molecular weight is 139 g/mol. The second-order valence-electron chi connectivity index (χ2n) is 2.92. The lowest BCUT2D eigenvalue weighted by Crippen LogP contribution is -1.92. The lowest BCUT2D eigenvalue weighted by Gasteiger charge is -2.10. The summed E-state index contributed by atoms with van der Waals surface area (Å²) in [4.78, 5) is 0. The van der Waals surface area contributed by atoms with Crippen LogP contribution in [0.1, 0.15) is 38.5 Å². The first-order valence-electron chi connectivity index (χ1n) is 4.19. The van der Waals surface area contributed by atoms with Crippen molar-refractivity contribution in [3.63, 3.8) is 0 Å². The molecule has 0 bridgehead atoms. The molecule has 0 atom stereocenters. The highest BCUT2D eigenvalue weighted by Crippen LogP contribution is 2.20. The van der Waals surface area contributed by atoms with Crippen LogP contribution in [0.3, 0.4) is 0 Å². The molecule has 1 nitrogen and oxygen atoms in total. The van der Waals surface area contributed by atoms with E-state index in [1.54, 1.807) is 0 Å². The van der Waals surface area contributed by atoms with Gasteiger partial charge in [-0.2, -0.15) is 0 Å². The van der Waals surface area contributed by atoms with Crippen LogP contribution >= 0.6 is 0 Å². The second kappa shape index (κ2) is 4.51. The zero-order valence-corrected chi connectivity index (χ0v) is 6.44. The van der Waals surface area contributed by atoms with Crippen molar-refractivity contribution in [1.29, 1.82) is 0 Å². The molecule has 1 heteroatoms. The highest BCUT2D eigenvalue weighted by molar-refractivity contribution is 5.04. The first kappa shape index (κ1) is 7.80. The Bertz CT molecular complexity index is 116. The topological polar surface area (TPSA) is 19.9 Å². The highest BCUT2D eigenvalue weighted by atomic mass is 16.2. The minimum absolute atomic E-state index is 0.0946. The van der Waals surface area contributed by atoms with Crippen molar-refractivity contribution in [2.24, 2.45) is 0 Å². The lowest BCUT2D eigenvalue weighted by atomic mass is 9.96.